The number of rotatable bonds is 6. The highest BCUT2D eigenvalue weighted by Crippen LogP contribution is 2.40. The number of aromatic nitrogens is 3. The maximum atomic E-state index is 12.0. The van der Waals surface area contributed by atoms with Gasteiger partial charge in [0.2, 0.25) is 0 Å². The van der Waals surface area contributed by atoms with Gasteiger partial charge in [0.05, 0.1) is 30.0 Å². The summed E-state index contributed by atoms with van der Waals surface area (Å²) < 4.78 is 7.26. The Morgan fingerprint density at radius 2 is 2.23 bits per heavy atom. The molecule has 0 spiro atoms. The van der Waals surface area contributed by atoms with E-state index in [-0.39, 0.29) is 24.9 Å². The molecule has 0 aliphatic rings. The van der Waals surface area contributed by atoms with Crippen molar-refractivity contribution < 1.29 is 14.6 Å². The maximum Gasteiger partial charge on any atom is 0.306 e. The number of hydrogen-bond acceptors (Lipinski definition) is 6. The minimum atomic E-state index is -0.304. The van der Waals surface area contributed by atoms with Crippen LogP contribution < -0.4 is 0 Å². The molecule has 0 saturated heterocycles. The summed E-state index contributed by atoms with van der Waals surface area (Å²) in [5.41, 5.74) is 4.41. The number of aliphatic hydroxyl groups excluding tert-OH is 1. The molecule has 0 bridgehead atoms. The van der Waals surface area contributed by atoms with Crippen molar-refractivity contribution in [1.29, 1.82) is 0 Å². The number of aryl methyl sites for hydroxylation is 2. The standard InChI is InChI=1S/C18H20ClN3O3S/c1-4-22-14-6-5-12(10(2)17(14)20-21-22)13(8-16(24)25-3)15-7-11(9-23)18(19)26-15/h5-7,13,23H,4,8-9H2,1-3H3. The van der Waals surface area contributed by atoms with E-state index in [1.54, 1.807) is 0 Å². The van der Waals surface area contributed by atoms with Crippen LogP contribution in [0.1, 0.15) is 40.8 Å². The highest BCUT2D eigenvalue weighted by atomic mass is 35.5. The molecule has 0 fully saturated rings. The molecule has 8 heteroatoms. The number of carbonyl (C=O) groups is 1. The molecule has 3 aromatic rings. The third-order valence-electron chi connectivity index (χ3n) is 4.55. The van der Waals surface area contributed by atoms with Crippen LogP contribution in [0.25, 0.3) is 11.0 Å². The smallest absolute Gasteiger partial charge is 0.306 e. The van der Waals surface area contributed by atoms with Crippen LogP contribution in [0.2, 0.25) is 4.34 Å². The SMILES string of the molecule is CCn1nnc2c(C)c(C(CC(=O)OC)c3cc(CO)c(Cl)s3)ccc21. The molecule has 1 unspecified atom stereocenters. The van der Waals surface area contributed by atoms with Gasteiger partial charge < -0.3 is 9.84 Å². The number of benzene rings is 1. The van der Waals surface area contributed by atoms with E-state index in [0.717, 1.165) is 33.6 Å². The zero-order chi connectivity index (χ0) is 18.8. The number of halogens is 1. The number of nitrogens with zero attached hydrogens (tertiary/aromatic N) is 3. The van der Waals surface area contributed by atoms with Crippen LogP contribution in [0.3, 0.4) is 0 Å². The molecule has 2 heterocycles. The van der Waals surface area contributed by atoms with E-state index in [1.165, 1.54) is 18.4 Å². The monoisotopic (exact) mass is 393 g/mol. The van der Waals surface area contributed by atoms with Crippen LogP contribution in [-0.2, 0) is 22.7 Å². The van der Waals surface area contributed by atoms with Crippen LogP contribution in [-0.4, -0.2) is 33.2 Å². The summed E-state index contributed by atoms with van der Waals surface area (Å²) in [7, 11) is 1.38. The lowest BCUT2D eigenvalue weighted by Gasteiger charge is -2.17. The zero-order valence-electron chi connectivity index (χ0n) is 14.8. The Morgan fingerprint density at radius 1 is 1.46 bits per heavy atom. The van der Waals surface area contributed by atoms with Crippen molar-refractivity contribution in [3.8, 4) is 0 Å². The van der Waals surface area contributed by atoms with Crippen LogP contribution >= 0.6 is 22.9 Å². The highest BCUT2D eigenvalue weighted by Gasteiger charge is 2.25. The molecule has 0 aliphatic carbocycles. The number of carbonyl (C=O) groups excluding carboxylic acids is 1. The topological polar surface area (TPSA) is 77.2 Å². The molecule has 0 aliphatic heterocycles. The first kappa shape index (κ1) is 18.8. The second-order valence-corrected chi connectivity index (χ2v) is 7.68. The molecular formula is C18H20ClN3O3S. The predicted molar refractivity (Wildman–Crippen MR) is 102 cm³/mol. The maximum absolute atomic E-state index is 12.0. The summed E-state index contributed by atoms with van der Waals surface area (Å²) >= 11 is 7.60. The van der Waals surface area contributed by atoms with Crippen LogP contribution in [0.15, 0.2) is 18.2 Å². The fourth-order valence-electron chi connectivity index (χ4n) is 3.11. The van der Waals surface area contributed by atoms with Crippen molar-refractivity contribution in [3.63, 3.8) is 0 Å². The molecule has 6 nitrogen and oxygen atoms in total. The summed E-state index contributed by atoms with van der Waals surface area (Å²) in [6, 6.07) is 5.84. The quantitative estimate of drug-likeness (QED) is 0.646. The van der Waals surface area contributed by atoms with Crippen LogP contribution in [0.4, 0.5) is 0 Å². The number of aliphatic hydroxyl groups is 1. The van der Waals surface area contributed by atoms with E-state index in [4.69, 9.17) is 16.3 Å². The lowest BCUT2D eigenvalue weighted by atomic mass is 9.89. The molecule has 0 saturated carbocycles. The first-order valence-electron chi connectivity index (χ1n) is 8.28. The minimum Gasteiger partial charge on any atom is -0.469 e. The molecule has 1 N–H and O–H groups in total. The summed E-state index contributed by atoms with van der Waals surface area (Å²) in [6.45, 7) is 4.60. The second-order valence-electron chi connectivity index (χ2n) is 5.99. The van der Waals surface area contributed by atoms with Crippen molar-refractivity contribution in [2.24, 2.45) is 0 Å². The van der Waals surface area contributed by atoms with Gasteiger partial charge in [-0.1, -0.05) is 22.9 Å². The summed E-state index contributed by atoms with van der Waals surface area (Å²) in [5.74, 6) is -0.525. The normalized spacial score (nSPS) is 12.5. The van der Waals surface area contributed by atoms with Gasteiger partial charge >= 0.3 is 5.97 Å². The third-order valence-corrected chi connectivity index (χ3v) is 6.10. The summed E-state index contributed by atoms with van der Waals surface area (Å²) in [6.07, 6.45) is 0.187. The first-order valence-corrected chi connectivity index (χ1v) is 9.48. The predicted octanol–water partition coefficient (Wildman–Crippen LogP) is 3.66. The molecule has 1 atom stereocenters. The van der Waals surface area contributed by atoms with Crippen molar-refractivity contribution in [3.05, 3.63) is 44.1 Å². The molecule has 138 valence electrons. The molecule has 26 heavy (non-hydrogen) atoms. The zero-order valence-corrected chi connectivity index (χ0v) is 16.4. The number of thiophene rings is 1. The molecular weight excluding hydrogens is 374 g/mol. The van der Waals surface area contributed by atoms with E-state index >= 15 is 0 Å². The molecule has 2 aromatic heterocycles. The average molecular weight is 394 g/mol. The van der Waals surface area contributed by atoms with E-state index in [9.17, 15) is 9.90 Å². The molecule has 0 amide bonds. The van der Waals surface area contributed by atoms with Gasteiger partial charge in [-0.25, -0.2) is 4.68 Å². The molecule has 3 rings (SSSR count). The number of esters is 1. The first-order chi connectivity index (χ1) is 12.5. The Bertz CT molecular complexity index is 951. The largest absolute Gasteiger partial charge is 0.469 e. The highest BCUT2D eigenvalue weighted by molar-refractivity contribution is 7.16. The Balaban J connectivity index is 2.13. The van der Waals surface area contributed by atoms with Gasteiger partial charge in [0.1, 0.15) is 5.52 Å². The van der Waals surface area contributed by atoms with Gasteiger partial charge in [-0.15, -0.1) is 16.4 Å². The molecule has 0 radical (unpaired) electrons. The Kier molecular flexibility index (Phi) is 5.60. The van der Waals surface area contributed by atoms with E-state index in [2.05, 4.69) is 10.3 Å². The second kappa shape index (κ2) is 7.73. The Hall–Kier alpha value is -1.96. The van der Waals surface area contributed by atoms with E-state index < -0.39 is 0 Å². The average Bonchev–Trinajstić information content (AvgIpc) is 3.23. The van der Waals surface area contributed by atoms with Gasteiger partial charge in [0, 0.05) is 22.9 Å². The molecule has 1 aromatic carbocycles. The number of methoxy groups -OCH3 is 1. The third kappa shape index (κ3) is 3.34. The number of ether oxygens (including phenoxy) is 1. The summed E-state index contributed by atoms with van der Waals surface area (Å²) in [5, 5.41) is 17.9. The Morgan fingerprint density at radius 3 is 2.85 bits per heavy atom. The fourth-order valence-corrected chi connectivity index (χ4v) is 4.51. The van der Waals surface area contributed by atoms with E-state index in [1.807, 2.05) is 36.7 Å². The number of fused-ring (bicyclic) bond motifs is 1. The number of hydrogen-bond donors (Lipinski definition) is 1. The summed E-state index contributed by atoms with van der Waals surface area (Å²) in [4.78, 5) is 12.9. The van der Waals surface area contributed by atoms with Gasteiger partial charge in [0.15, 0.2) is 0 Å². The lowest BCUT2D eigenvalue weighted by molar-refractivity contribution is -0.140. The van der Waals surface area contributed by atoms with Crippen molar-refractivity contribution in [2.45, 2.75) is 39.3 Å². The Labute approximate surface area is 160 Å². The van der Waals surface area contributed by atoms with Crippen molar-refractivity contribution in [1.82, 2.24) is 15.0 Å². The van der Waals surface area contributed by atoms with Gasteiger partial charge in [-0.3, -0.25) is 4.79 Å². The fraction of sp³-hybridized carbons (Fsp3) is 0.389. The minimum absolute atomic E-state index is 0.136. The van der Waals surface area contributed by atoms with Crippen molar-refractivity contribution >= 4 is 39.9 Å². The van der Waals surface area contributed by atoms with Crippen LogP contribution in [0.5, 0.6) is 0 Å². The van der Waals surface area contributed by atoms with Crippen molar-refractivity contribution in [2.75, 3.05) is 7.11 Å². The van der Waals surface area contributed by atoms with E-state index in [0.29, 0.717) is 9.90 Å². The van der Waals surface area contributed by atoms with Gasteiger partial charge in [-0.05, 0) is 37.1 Å². The van der Waals surface area contributed by atoms with Crippen LogP contribution in [0, 0.1) is 6.92 Å². The van der Waals surface area contributed by atoms with Gasteiger partial charge in [-0.2, -0.15) is 0 Å². The van der Waals surface area contributed by atoms with Gasteiger partial charge in [0.25, 0.3) is 0 Å². The lowest BCUT2D eigenvalue weighted by Crippen LogP contribution is -2.10.